The maximum absolute atomic E-state index is 13.5. The SMILES string of the molecule is CC(=O)OCC(=O)Nc1c(I)c(C(=O)NCC(COC(C)=O)OC(C)=O)c(I)c(C(=O)NCC(COC(C)=O)OC(C)=O)c1I. The largest absolute Gasteiger partial charge is 0.462 e. The lowest BCUT2D eigenvalue weighted by Crippen LogP contribution is -2.40. The number of anilines is 1. The molecule has 0 aliphatic heterocycles. The Morgan fingerprint density at radius 3 is 1.29 bits per heavy atom. The normalized spacial score (nSPS) is 11.6. The summed E-state index contributed by atoms with van der Waals surface area (Å²) in [6.07, 6.45) is -2.06. The second kappa shape index (κ2) is 19.6. The van der Waals surface area contributed by atoms with Crippen molar-refractivity contribution in [1.29, 1.82) is 0 Å². The first-order chi connectivity index (χ1) is 20.9. The summed E-state index contributed by atoms with van der Waals surface area (Å²) in [5.41, 5.74) is -0.0397. The number of benzene rings is 1. The Labute approximate surface area is 298 Å². The number of nitrogens with one attached hydrogen (secondary N) is 3. The van der Waals surface area contributed by atoms with Gasteiger partial charge in [0, 0.05) is 38.2 Å². The molecule has 2 unspecified atom stereocenters. The van der Waals surface area contributed by atoms with E-state index in [2.05, 4.69) is 16.0 Å². The van der Waals surface area contributed by atoms with Gasteiger partial charge in [-0.15, -0.1) is 0 Å². The minimum atomic E-state index is -1.03. The van der Waals surface area contributed by atoms with E-state index in [0.717, 1.165) is 34.6 Å². The van der Waals surface area contributed by atoms with Crippen LogP contribution in [0.3, 0.4) is 0 Å². The molecule has 0 bridgehead atoms. The zero-order valence-electron chi connectivity index (χ0n) is 24.6. The highest BCUT2D eigenvalue weighted by atomic mass is 127. The monoisotopic (exact) mass is 973 g/mol. The molecule has 0 spiro atoms. The Morgan fingerprint density at radius 1 is 0.578 bits per heavy atom. The highest BCUT2D eigenvalue weighted by Crippen LogP contribution is 2.36. The van der Waals surface area contributed by atoms with Gasteiger partial charge in [0.25, 0.3) is 17.7 Å². The molecule has 0 fully saturated rings. The maximum Gasteiger partial charge on any atom is 0.303 e. The van der Waals surface area contributed by atoms with Crippen molar-refractivity contribution >= 4 is 121 Å². The zero-order chi connectivity index (χ0) is 34.4. The van der Waals surface area contributed by atoms with Crippen LogP contribution < -0.4 is 16.0 Å². The average Bonchev–Trinajstić information content (AvgIpc) is 2.92. The smallest absolute Gasteiger partial charge is 0.303 e. The van der Waals surface area contributed by atoms with E-state index >= 15 is 0 Å². The second-order valence-electron chi connectivity index (χ2n) is 8.88. The predicted octanol–water partition coefficient (Wildman–Crippen LogP) is 1.45. The Bertz CT molecular complexity index is 1270. The molecule has 1 aromatic rings. The lowest BCUT2D eigenvalue weighted by Gasteiger charge is -2.22. The average molecular weight is 973 g/mol. The highest BCUT2D eigenvalue weighted by molar-refractivity contribution is 14.1. The van der Waals surface area contributed by atoms with Crippen molar-refractivity contribution in [3.63, 3.8) is 0 Å². The fraction of sp³-hybridized carbons (Fsp3) is 0.462. The summed E-state index contributed by atoms with van der Waals surface area (Å²) in [4.78, 5) is 96.3. The van der Waals surface area contributed by atoms with E-state index in [-0.39, 0.29) is 53.8 Å². The van der Waals surface area contributed by atoms with E-state index in [4.69, 9.17) is 23.7 Å². The number of esters is 5. The second-order valence-corrected chi connectivity index (χ2v) is 12.1. The molecule has 19 heteroatoms. The van der Waals surface area contributed by atoms with E-state index in [1.165, 1.54) is 0 Å². The van der Waals surface area contributed by atoms with Crippen LogP contribution in [0.25, 0.3) is 0 Å². The molecule has 0 aliphatic rings. The molecule has 0 radical (unpaired) electrons. The number of amides is 3. The lowest BCUT2D eigenvalue weighted by molar-refractivity contribution is -0.155. The molecule has 1 aromatic carbocycles. The van der Waals surface area contributed by atoms with Crippen LogP contribution >= 0.6 is 67.8 Å². The van der Waals surface area contributed by atoms with Crippen molar-refractivity contribution in [3.05, 3.63) is 21.8 Å². The van der Waals surface area contributed by atoms with E-state index in [1.807, 2.05) is 0 Å². The molecule has 0 aromatic heterocycles. The number of rotatable bonds is 15. The molecule has 0 saturated carbocycles. The van der Waals surface area contributed by atoms with Gasteiger partial charge in [0.05, 0.1) is 37.0 Å². The molecule has 1 rings (SSSR count). The molecule has 16 nitrogen and oxygen atoms in total. The van der Waals surface area contributed by atoms with Crippen molar-refractivity contribution in [2.75, 3.05) is 38.2 Å². The Hall–Kier alpha value is -2.83. The van der Waals surface area contributed by atoms with Crippen molar-refractivity contribution in [2.24, 2.45) is 0 Å². The first kappa shape index (κ1) is 40.2. The van der Waals surface area contributed by atoms with Crippen LogP contribution in [0.1, 0.15) is 55.3 Å². The molecule has 2 atom stereocenters. The minimum Gasteiger partial charge on any atom is -0.462 e. The highest BCUT2D eigenvalue weighted by Gasteiger charge is 2.30. The van der Waals surface area contributed by atoms with Crippen molar-refractivity contribution < 1.29 is 62.0 Å². The molecule has 0 heterocycles. The predicted molar refractivity (Wildman–Crippen MR) is 179 cm³/mol. The van der Waals surface area contributed by atoms with Crippen LogP contribution in [-0.2, 0) is 52.5 Å². The first-order valence-electron chi connectivity index (χ1n) is 12.8. The van der Waals surface area contributed by atoms with Crippen molar-refractivity contribution in [2.45, 2.75) is 46.8 Å². The maximum atomic E-state index is 13.5. The van der Waals surface area contributed by atoms with Gasteiger partial charge in [0.15, 0.2) is 18.8 Å². The van der Waals surface area contributed by atoms with Crippen LogP contribution in [0.15, 0.2) is 0 Å². The number of hydrogen-bond donors (Lipinski definition) is 3. The number of ether oxygens (including phenoxy) is 5. The van der Waals surface area contributed by atoms with Gasteiger partial charge < -0.3 is 39.6 Å². The van der Waals surface area contributed by atoms with E-state index in [1.54, 1.807) is 67.8 Å². The third kappa shape index (κ3) is 14.4. The van der Waals surface area contributed by atoms with Gasteiger partial charge in [-0.05, 0) is 67.8 Å². The Balaban J connectivity index is 3.51. The van der Waals surface area contributed by atoms with Crippen molar-refractivity contribution in [1.82, 2.24) is 10.6 Å². The van der Waals surface area contributed by atoms with Crippen LogP contribution in [0.4, 0.5) is 5.69 Å². The molecule has 248 valence electrons. The molecule has 3 N–H and O–H groups in total. The fourth-order valence-corrected chi connectivity index (χ4v) is 7.68. The van der Waals surface area contributed by atoms with E-state index in [0.29, 0.717) is 0 Å². The van der Waals surface area contributed by atoms with Crippen LogP contribution in [0.2, 0.25) is 0 Å². The lowest BCUT2D eigenvalue weighted by atomic mass is 10.1. The van der Waals surface area contributed by atoms with Gasteiger partial charge >= 0.3 is 29.8 Å². The summed E-state index contributed by atoms with van der Waals surface area (Å²) < 4.78 is 25.3. The number of halogens is 3. The van der Waals surface area contributed by atoms with Gasteiger partial charge in [-0.2, -0.15) is 0 Å². The number of hydrogen-bond acceptors (Lipinski definition) is 13. The summed E-state index contributed by atoms with van der Waals surface area (Å²) in [6, 6.07) is 0. The molecule has 0 aliphatic carbocycles. The van der Waals surface area contributed by atoms with Crippen molar-refractivity contribution in [3.8, 4) is 0 Å². The third-order valence-corrected chi connectivity index (χ3v) is 8.27. The third-order valence-electron chi connectivity index (χ3n) is 5.03. The first-order valence-corrected chi connectivity index (χ1v) is 16.0. The Morgan fingerprint density at radius 2 is 0.956 bits per heavy atom. The summed E-state index contributed by atoms with van der Waals surface area (Å²) >= 11 is 5.38. The minimum absolute atomic E-state index is 0.0462. The molecular formula is C26H30I3N3O13. The van der Waals surface area contributed by atoms with E-state index < -0.39 is 66.4 Å². The van der Waals surface area contributed by atoms with Crippen LogP contribution in [0.5, 0.6) is 0 Å². The van der Waals surface area contributed by atoms with Gasteiger partial charge in [0.2, 0.25) is 0 Å². The number of carbonyl (C=O) groups excluding carboxylic acids is 8. The zero-order valence-corrected chi connectivity index (χ0v) is 31.1. The van der Waals surface area contributed by atoms with Crippen LogP contribution in [-0.4, -0.2) is 92.7 Å². The summed E-state index contributed by atoms with van der Waals surface area (Å²) in [7, 11) is 0. The molecular weight excluding hydrogens is 943 g/mol. The van der Waals surface area contributed by atoms with Gasteiger partial charge in [0.1, 0.15) is 13.2 Å². The fourth-order valence-electron chi connectivity index (χ4n) is 3.26. The summed E-state index contributed by atoms with van der Waals surface area (Å²) in [5.74, 6) is -5.57. The van der Waals surface area contributed by atoms with Gasteiger partial charge in [-0.3, -0.25) is 38.4 Å². The Kier molecular flexibility index (Phi) is 17.5. The quantitative estimate of drug-likeness (QED) is 0.129. The summed E-state index contributed by atoms with van der Waals surface area (Å²) in [5, 5.41) is 7.70. The van der Waals surface area contributed by atoms with E-state index in [9.17, 15) is 38.4 Å². The van der Waals surface area contributed by atoms with Gasteiger partial charge in [-0.1, -0.05) is 0 Å². The summed E-state index contributed by atoms with van der Waals surface area (Å²) in [6.45, 7) is 3.85. The van der Waals surface area contributed by atoms with Gasteiger partial charge in [-0.25, -0.2) is 0 Å². The van der Waals surface area contributed by atoms with Crippen LogP contribution in [0, 0.1) is 10.7 Å². The topological polar surface area (TPSA) is 219 Å². The molecule has 0 saturated heterocycles. The molecule has 3 amide bonds. The molecule has 45 heavy (non-hydrogen) atoms. The number of carbonyl (C=O) groups is 8. The standard InChI is InChI=1S/C26H30I3N3O13/c1-11(33)41-8-16(44-14(4)36)6-30-25(39)19-21(27)20(23(29)24(22(19)28)32-18(38)10-43-13(3)35)26(40)31-7-17(45-15(5)37)9-42-12(2)34/h16-17H,6-10H2,1-5H3,(H,30,39)(H,31,40)(H,32,38).